The van der Waals surface area contributed by atoms with Gasteiger partial charge in [0.15, 0.2) is 0 Å². The van der Waals surface area contributed by atoms with Crippen molar-refractivity contribution in [2.24, 2.45) is 7.05 Å². The summed E-state index contributed by atoms with van der Waals surface area (Å²) >= 11 is 0. The molecule has 0 saturated carbocycles. The highest BCUT2D eigenvalue weighted by Crippen LogP contribution is 2.31. The second-order valence-corrected chi connectivity index (χ2v) is 6.43. The zero-order chi connectivity index (χ0) is 17.4. The lowest BCUT2D eigenvalue weighted by Crippen LogP contribution is -2.21. The van der Waals surface area contributed by atoms with Gasteiger partial charge >= 0.3 is 0 Å². The van der Waals surface area contributed by atoms with Crippen LogP contribution in [0.2, 0.25) is 0 Å². The molecule has 6 heteroatoms. The van der Waals surface area contributed by atoms with Gasteiger partial charge in [-0.25, -0.2) is 9.97 Å². The van der Waals surface area contributed by atoms with Crippen LogP contribution in [0.5, 0.6) is 5.75 Å². The van der Waals surface area contributed by atoms with E-state index in [1.807, 2.05) is 36.1 Å². The van der Waals surface area contributed by atoms with Crippen molar-refractivity contribution in [2.45, 2.75) is 26.5 Å². The van der Waals surface area contributed by atoms with E-state index in [0.717, 1.165) is 35.8 Å². The van der Waals surface area contributed by atoms with E-state index in [-0.39, 0.29) is 0 Å². The van der Waals surface area contributed by atoms with Gasteiger partial charge in [-0.1, -0.05) is 18.2 Å². The molecule has 0 N–H and O–H groups in total. The second kappa shape index (κ2) is 6.20. The Morgan fingerprint density at radius 1 is 1.24 bits per heavy atom. The first-order chi connectivity index (χ1) is 12.1. The molecule has 0 fully saturated rings. The molecular weight excluding hydrogens is 314 g/mol. The number of nitrogens with zero attached hydrogens (tertiary/aromatic N) is 5. The molecule has 25 heavy (non-hydrogen) atoms. The van der Waals surface area contributed by atoms with Gasteiger partial charge in [0.25, 0.3) is 0 Å². The Kier molecular flexibility index (Phi) is 3.87. The summed E-state index contributed by atoms with van der Waals surface area (Å²) in [6.07, 6.45) is 4.32. The van der Waals surface area contributed by atoms with Crippen molar-refractivity contribution in [1.29, 1.82) is 0 Å². The predicted molar refractivity (Wildman–Crippen MR) is 95.7 cm³/mol. The minimum absolute atomic E-state index is 0.474. The smallest absolute Gasteiger partial charge is 0.135 e. The molecule has 1 aliphatic heterocycles. The Morgan fingerprint density at radius 3 is 2.88 bits per heavy atom. The number of benzene rings is 1. The standard InChI is InChI=1S/C19H21N5O/c1-13-15(9-22-24(13)3)10-23(2)19-16-8-14-6-4-5-7-18(14)25-11-17(16)20-12-21-19/h4-7,9,12H,8,10-11H2,1-3H3. The molecule has 0 amide bonds. The lowest BCUT2D eigenvalue weighted by molar-refractivity contribution is 0.302. The largest absolute Gasteiger partial charge is 0.487 e. The average Bonchev–Trinajstić information content (AvgIpc) is 2.84. The SMILES string of the molecule is Cc1c(CN(C)c2ncnc3c2Cc2ccccc2OC3)cnn1C. The van der Waals surface area contributed by atoms with Crippen LogP contribution in [0.4, 0.5) is 5.82 Å². The first kappa shape index (κ1) is 15.6. The van der Waals surface area contributed by atoms with Gasteiger partial charge in [0.05, 0.1) is 11.9 Å². The highest BCUT2D eigenvalue weighted by atomic mass is 16.5. The zero-order valence-electron chi connectivity index (χ0n) is 14.7. The monoisotopic (exact) mass is 335 g/mol. The van der Waals surface area contributed by atoms with Gasteiger partial charge in [-0.3, -0.25) is 4.68 Å². The van der Waals surface area contributed by atoms with Crippen molar-refractivity contribution >= 4 is 5.82 Å². The first-order valence-electron chi connectivity index (χ1n) is 8.35. The minimum atomic E-state index is 0.474. The summed E-state index contributed by atoms with van der Waals surface area (Å²) < 4.78 is 7.82. The molecule has 6 nitrogen and oxygen atoms in total. The number of anilines is 1. The van der Waals surface area contributed by atoms with E-state index in [4.69, 9.17) is 4.74 Å². The Morgan fingerprint density at radius 2 is 2.08 bits per heavy atom. The third-order valence-corrected chi connectivity index (χ3v) is 4.82. The number of hydrogen-bond acceptors (Lipinski definition) is 5. The Labute approximate surface area is 147 Å². The molecule has 4 rings (SSSR count). The first-order valence-corrected chi connectivity index (χ1v) is 8.35. The third kappa shape index (κ3) is 2.84. The highest BCUT2D eigenvalue weighted by molar-refractivity contribution is 5.53. The highest BCUT2D eigenvalue weighted by Gasteiger charge is 2.21. The topological polar surface area (TPSA) is 56.1 Å². The minimum Gasteiger partial charge on any atom is -0.487 e. The average molecular weight is 335 g/mol. The number of fused-ring (bicyclic) bond motifs is 2. The molecule has 0 aliphatic carbocycles. The fourth-order valence-electron chi connectivity index (χ4n) is 3.23. The summed E-state index contributed by atoms with van der Waals surface area (Å²) in [5, 5.41) is 4.33. The lowest BCUT2D eigenvalue weighted by atomic mass is 10.0. The molecule has 2 aromatic heterocycles. The van der Waals surface area contributed by atoms with E-state index in [9.17, 15) is 0 Å². The molecule has 0 unspecified atom stereocenters. The van der Waals surface area contributed by atoms with Gasteiger partial charge in [0.2, 0.25) is 0 Å². The second-order valence-electron chi connectivity index (χ2n) is 6.43. The van der Waals surface area contributed by atoms with Crippen LogP contribution in [0, 0.1) is 6.92 Å². The molecule has 3 aromatic rings. The van der Waals surface area contributed by atoms with Crippen molar-refractivity contribution in [1.82, 2.24) is 19.7 Å². The molecule has 1 aromatic carbocycles. The molecule has 128 valence electrons. The van der Waals surface area contributed by atoms with Crippen LogP contribution >= 0.6 is 0 Å². The molecule has 0 bridgehead atoms. The normalized spacial score (nSPS) is 12.8. The van der Waals surface area contributed by atoms with Crippen LogP contribution in [0.15, 0.2) is 36.8 Å². The van der Waals surface area contributed by atoms with E-state index < -0.39 is 0 Å². The van der Waals surface area contributed by atoms with Gasteiger partial charge in [-0.05, 0) is 18.6 Å². The van der Waals surface area contributed by atoms with Crippen molar-refractivity contribution in [3.8, 4) is 5.75 Å². The Bertz CT molecular complexity index is 918. The number of hydrogen-bond donors (Lipinski definition) is 0. The summed E-state index contributed by atoms with van der Waals surface area (Å²) in [6, 6.07) is 8.15. The van der Waals surface area contributed by atoms with Gasteiger partial charge < -0.3 is 9.64 Å². The van der Waals surface area contributed by atoms with Gasteiger partial charge in [-0.2, -0.15) is 5.10 Å². The van der Waals surface area contributed by atoms with Crippen LogP contribution in [0.25, 0.3) is 0 Å². The quantitative estimate of drug-likeness (QED) is 0.736. The number of para-hydroxylation sites is 1. The zero-order valence-corrected chi connectivity index (χ0v) is 14.7. The maximum Gasteiger partial charge on any atom is 0.135 e. The molecule has 1 aliphatic rings. The van der Waals surface area contributed by atoms with Crippen LogP contribution in [-0.2, 0) is 26.6 Å². The molecule has 3 heterocycles. The van der Waals surface area contributed by atoms with Gasteiger partial charge in [0.1, 0.15) is 24.5 Å². The molecule has 0 atom stereocenters. The van der Waals surface area contributed by atoms with E-state index in [0.29, 0.717) is 6.61 Å². The predicted octanol–water partition coefficient (Wildman–Crippen LogP) is 2.64. The fourth-order valence-corrected chi connectivity index (χ4v) is 3.23. The number of ether oxygens (including phenoxy) is 1. The summed E-state index contributed by atoms with van der Waals surface area (Å²) in [6.45, 7) is 3.31. The van der Waals surface area contributed by atoms with E-state index in [1.165, 1.54) is 16.8 Å². The van der Waals surface area contributed by atoms with Crippen molar-refractivity contribution in [3.05, 3.63) is 64.9 Å². The van der Waals surface area contributed by atoms with Gasteiger partial charge in [0, 0.05) is 43.9 Å². The molecule has 0 radical (unpaired) electrons. The van der Waals surface area contributed by atoms with Crippen LogP contribution in [0.3, 0.4) is 0 Å². The van der Waals surface area contributed by atoms with Crippen molar-refractivity contribution in [2.75, 3.05) is 11.9 Å². The number of aromatic nitrogens is 4. The Hall–Kier alpha value is -2.89. The lowest BCUT2D eigenvalue weighted by Gasteiger charge is -2.21. The molecule has 0 saturated heterocycles. The third-order valence-electron chi connectivity index (χ3n) is 4.82. The van der Waals surface area contributed by atoms with E-state index in [2.05, 4.69) is 40.0 Å². The maximum atomic E-state index is 5.93. The van der Waals surface area contributed by atoms with E-state index >= 15 is 0 Å². The van der Waals surface area contributed by atoms with E-state index in [1.54, 1.807) is 6.33 Å². The van der Waals surface area contributed by atoms with Crippen LogP contribution < -0.4 is 9.64 Å². The summed E-state index contributed by atoms with van der Waals surface area (Å²) in [5.74, 6) is 1.88. The summed E-state index contributed by atoms with van der Waals surface area (Å²) in [7, 11) is 4.02. The number of rotatable bonds is 3. The van der Waals surface area contributed by atoms with Crippen molar-refractivity contribution in [3.63, 3.8) is 0 Å². The van der Waals surface area contributed by atoms with Gasteiger partial charge in [-0.15, -0.1) is 0 Å². The Balaban J connectivity index is 1.69. The van der Waals surface area contributed by atoms with Crippen LogP contribution in [0.1, 0.15) is 28.1 Å². The molecule has 0 spiro atoms. The summed E-state index contributed by atoms with van der Waals surface area (Å²) in [4.78, 5) is 11.2. The molecular formula is C19H21N5O. The van der Waals surface area contributed by atoms with Crippen molar-refractivity contribution < 1.29 is 4.74 Å². The maximum absolute atomic E-state index is 5.93. The summed E-state index contributed by atoms with van der Waals surface area (Å²) in [5.41, 5.74) is 5.62. The number of aryl methyl sites for hydroxylation is 1. The van der Waals surface area contributed by atoms with Crippen LogP contribution in [-0.4, -0.2) is 26.8 Å². The fraction of sp³-hybridized carbons (Fsp3) is 0.316.